The Hall–Kier alpha value is -0.610. The van der Waals surface area contributed by atoms with Crippen LogP contribution in [-0.2, 0) is 9.53 Å². The minimum absolute atomic E-state index is 0.0526. The number of unbranched alkanes of at least 4 members (excludes halogenated alkanes) is 10. The molecular formula is C21H42O4. The molecule has 0 saturated heterocycles. The second-order valence-electron chi connectivity index (χ2n) is 7.28. The maximum atomic E-state index is 12.3. The number of rotatable bonds is 18. The maximum absolute atomic E-state index is 12.3. The summed E-state index contributed by atoms with van der Waals surface area (Å²) >= 11 is 0. The van der Waals surface area contributed by atoms with Crippen molar-refractivity contribution in [1.82, 2.24) is 0 Å². The Kier molecular flexibility index (Phi) is 17.7. The molecule has 0 aliphatic carbocycles. The highest BCUT2D eigenvalue weighted by Crippen LogP contribution is 2.20. The lowest BCUT2D eigenvalue weighted by atomic mass is 9.94. The van der Waals surface area contributed by atoms with E-state index < -0.39 is 6.10 Å². The van der Waals surface area contributed by atoms with Gasteiger partial charge in [0.15, 0.2) is 0 Å². The van der Waals surface area contributed by atoms with Crippen LogP contribution in [0.3, 0.4) is 0 Å². The fraction of sp³-hybridized carbons (Fsp3) is 0.952. The SMILES string of the molecule is CCCCCCCCC(CCCCCCCC)C(=O)OCC(O)CO. The molecule has 0 aromatic carbocycles. The number of aliphatic hydroxyl groups excluding tert-OH is 2. The lowest BCUT2D eigenvalue weighted by molar-refractivity contribution is -0.152. The van der Waals surface area contributed by atoms with E-state index in [0.29, 0.717) is 0 Å². The van der Waals surface area contributed by atoms with Gasteiger partial charge in [0.1, 0.15) is 12.7 Å². The molecule has 0 aromatic heterocycles. The highest BCUT2D eigenvalue weighted by Gasteiger charge is 2.20. The molecule has 25 heavy (non-hydrogen) atoms. The van der Waals surface area contributed by atoms with Crippen molar-refractivity contribution in [2.75, 3.05) is 13.2 Å². The summed E-state index contributed by atoms with van der Waals surface area (Å²) in [5.74, 6) is -0.252. The molecule has 0 rings (SSSR count). The summed E-state index contributed by atoms with van der Waals surface area (Å²) in [6.45, 7) is 3.96. The summed E-state index contributed by atoms with van der Waals surface area (Å²) in [5.41, 5.74) is 0. The van der Waals surface area contributed by atoms with Gasteiger partial charge < -0.3 is 14.9 Å². The molecule has 2 N–H and O–H groups in total. The van der Waals surface area contributed by atoms with Crippen LogP contribution in [0.5, 0.6) is 0 Å². The molecule has 4 heteroatoms. The van der Waals surface area contributed by atoms with Crippen molar-refractivity contribution in [3.8, 4) is 0 Å². The predicted octanol–water partition coefficient (Wildman–Crippen LogP) is 5.00. The third-order valence-corrected chi connectivity index (χ3v) is 4.77. The van der Waals surface area contributed by atoms with Crippen molar-refractivity contribution in [3.63, 3.8) is 0 Å². The molecule has 150 valence electrons. The molecule has 0 aliphatic rings. The zero-order valence-corrected chi connectivity index (χ0v) is 16.7. The van der Waals surface area contributed by atoms with Crippen LogP contribution in [0, 0.1) is 5.92 Å². The van der Waals surface area contributed by atoms with Gasteiger partial charge in [0.05, 0.1) is 12.5 Å². The Morgan fingerprint density at radius 2 is 1.24 bits per heavy atom. The van der Waals surface area contributed by atoms with Crippen LogP contribution >= 0.6 is 0 Å². The number of esters is 1. The molecule has 0 aromatic rings. The molecule has 0 saturated carbocycles. The van der Waals surface area contributed by atoms with Gasteiger partial charge in [-0.1, -0.05) is 90.9 Å². The molecule has 0 spiro atoms. The number of ether oxygens (including phenoxy) is 1. The third kappa shape index (κ3) is 15.4. The van der Waals surface area contributed by atoms with Crippen LogP contribution in [-0.4, -0.2) is 35.5 Å². The first-order valence-electron chi connectivity index (χ1n) is 10.6. The molecule has 1 atom stereocenters. The quantitative estimate of drug-likeness (QED) is 0.267. The fourth-order valence-corrected chi connectivity index (χ4v) is 3.07. The van der Waals surface area contributed by atoms with E-state index in [-0.39, 0.29) is 25.1 Å². The molecule has 0 fully saturated rings. The first kappa shape index (κ1) is 24.4. The van der Waals surface area contributed by atoms with Gasteiger partial charge >= 0.3 is 5.97 Å². The summed E-state index contributed by atoms with van der Waals surface area (Å²) in [6, 6.07) is 0. The lowest BCUT2D eigenvalue weighted by Crippen LogP contribution is -2.25. The van der Waals surface area contributed by atoms with Crippen molar-refractivity contribution in [1.29, 1.82) is 0 Å². The Bertz CT molecular complexity index is 278. The number of carbonyl (C=O) groups excluding carboxylic acids is 1. The topological polar surface area (TPSA) is 66.8 Å². The van der Waals surface area contributed by atoms with Crippen LogP contribution in [0.25, 0.3) is 0 Å². The third-order valence-electron chi connectivity index (χ3n) is 4.77. The van der Waals surface area contributed by atoms with Gasteiger partial charge in [-0.2, -0.15) is 0 Å². The van der Waals surface area contributed by atoms with E-state index in [4.69, 9.17) is 9.84 Å². The Labute approximate surface area is 155 Å². The summed E-state index contributed by atoms with van der Waals surface area (Å²) < 4.78 is 5.20. The van der Waals surface area contributed by atoms with Crippen LogP contribution in [0.2, 0.25) is 0 Å². The Morgan fingerprint density at radius 3 is 1.68 bits per heavy atom. The molecule has 0 amide bonds. The van der Waals surface area contributed by atoms with E-state index >= 15 is 0 Å². The number of hydrogen-bond acceptors (Lipinski definition) is 4. The fourth-order valence-electron chi connectivity index (χ4n) is 3.07. The van der Waals surface area contributed by atoms with Gasteiger partial charge in [0.2, 0.25) is 0 Å². The predicted molar refractivity (Wildman–Crippen MR) is 104 cm³/mol. The maximum Gasteiger partial charge on any atom is 0.309 e. The van der Waals surface area contributed by atoms with Gasteiger partial charge in [-0.15, -0.1) is 0 Å². The van der Waals surface area contributed by atoms with Crippen molar-refractivity contribution >= 4 is 5.97 Å². The molecule has 0 aliphatic heterocycles. The molecule has 4 nitrogen and oxygen atoms in total. The van der Waals surface area contributed by atoms with Gasteiger partial charge in [-0.3, -0.25) is 4.79 Å². The normalized spacial score (nSPS) is 12.5. The van der Waals surface area contributed by atoms with Crippen molar-refractivity contribution < 1.29 is 19.7 Å². The summed E-state index contributed by atoms with van der Waals surface area (Å²) in [5, 5.41) is 18.2. The van der Waals surface area contributed by atoms with Crippen molar-refractivity contribution in [2.45, 2.75) is 110 Å². The summed E-state index contributed by atoms with van der Waals surface area (Å²) in [6.07, 6.45) is 15.5. The summed E-state index contributed by atoms with van der Waals surface area (Å²) in [4.78, 5) is 12.3. The molecule has 0 radical (unpaired) electrons. The van der Waals surface area contributed by atoms with Gasteiger partial charge in [-0.25, -0.2) is 0 Å². The van der Waals surface area contributed by atoms with Crippen molar-refractivity contribution in [2.24, 2.45) is 5.92 Å². The van der Waals surface area contributed by atoms with Gasteiger partial charge in [0, 0.05) is 0 Å². The van der Waals surface area contributed by atoms with Crippen LogP contribution in [0.4, 0.5) is 0 Å². The average Bonchev–Trinajstić information content (AvgIpc) is 2.63. The Balaban J connectivity index is 4.09. The van der Waals surface area contributed by atoms with E-state index in [1.165, 1.54) is 64.2 Å². The zero-order valence-electron chi connectivity index (χ0n) is 16.7. The minimum Gasteiger partial charge on any atom is -0.463 e. The van der Waals surface area contributed by atoms with E-state index in [9.17, 15) is 9.90 Å². The average molecular weight is 359 g/mol. The largest absolute Gasteiger partial charge is 0.463 e. The lowest BCUT2D eigenvalue weighted by Gasteiger charge is -2.17. The second kappa shape index (κ2) is 18.2. The molecule has 0 heterocycles. The first-order valence-corrected chi connectivity index (χ1v) is 10.6. The molecular weight excluding hydrogens is 316 g/mol. The minimum atomic E-state index is -0.965. The second-order valence-corrected chi connectivity index (χ2v) is 7.28. The zero-order chi connectivity index (χ0) is 18.8. The van der Waals surface area contributed by atoms with E-state index in [1.807, 2.05) is 0 Å². The number of hydrogen-bond donors (Lipinski definition) is 2. The first-order chi connectivity index (χ1) is 12.2. The van der Waals surface area contributed by atoms with Crippen molar-refractivity contribution in [3.05, 3.63) is 0 Å². The number of aliphatic hydroxyl groups is 2. The van der Waals surface area contributed by atoms with Crippen LogP contribution in [0.15, 0.2) is 0 Å². The molecule has 0 bridgehead atoms. The Morgan fingerprint density at radius 1 is 0.800 bits per heavy atom. The molecule has 1 unspecified atom stereocenters. The van der Waals surface area contributed by atoms with Gasteiger partial charge in [0.25, 0.3) is 0 Å². The van der Waals surface area contributed by atoms with E-state index in [0.717, 1.165) is 25.7 Å². The van der Waals surface area contributed by atoms with E-state index in [2.05, 4.69) is 13.8 Å². The van der Waals surface area contributed by atoms with E-state index in [1.54, 1.807) is 0 Å². The van der Waals surface area contributed by atoms with Gasteiger partial charge in [-0.05, 0) is 12.8 Å². The van der Waals surface area contributed by atoms with Crippen LogP contribution in [0.1, 0.15) is 104 Å². The summed E-state index contributed by atoms with van der Waals surface area (Å²) in [7, 11) is 0. The monoisotopic (exact) mass is 358 g/mol. The van der Waals surface area contributed by atoms with Crippen LogP contribution < -0.4 is 0 Å². The standard InChI is InChI=1S/C21H42O4/c1-3-5-7-9-11-13-15-19(16-14-12-10-8-6-4-2)21(24)25-18-20(23)17-22/h19-20,22-23H,3-18H2,1-2H3. The number of carbonyl (C=O) groups is 1. The highest BCUT2D eigenvalue weighted by molar-refractivity contribution is 5.72. The smallest absolute Gasteiger partial charge is 0.309 e. The highest BCUT2D eigenvalue weighted by atomic mass is 16.5.